The highest BCUT2D eigenvalue weighted by atomic mass is 16.6. The highest BCUT2D eigenvalue weighted by Crippen LogP contribution is 2.23. The fourth-order valence-corrected chi connectivity index (χ4v) is 3.70. The number of aliphatic hydroxyl groups excluding tert-OH is 1. The summed E-state index contributed by atoms with van der Waals surface area (Å²) in [6, 6.07) is 7.05. The second-order valence-corrected chi connectivity index (χ2v) is 9.79. The number of carbonyl (C=O) groups excluding carboxylic acids is 3. The van der Waals surface area contributed by atoms with Crippen LogP contribution in [-0.2, 0) is 14.3 Å². The summed E-state index contributed by atoms with van der Waals surface area (Å²) in [6.07, 6.45) is 5.76. The number of ether oxygens (including phenoxy) is 1. The van der Waals surface area contributed by atoms with Crippen LogP contribution in [-0.4, -0.2) is 59.3 Å². The van der Waals surface area contributed by atoms with Gasteiger partial charge in [-0.15, -0.1) is 0 Å². The molecule has 0 fully saturated rings. The minimum Gasteiger partial charge on any atom is -0.444 e. The highest BCUT2D eigenvalue weighted by molar-refractivity contribution is 5.92. The Kier molecular flexibility index (Phi) is 14.0. The van der Waals surface area contributed by atoms with E-state index >= 15 is 0 Å². The van der Waals surface area contributed by atoms with Crippen LogP contribution in [0.1, 0.15) is 91.2 Å². The van der Waals surface area contributed by atoms with Gasteiger partial charge in [-0.25, -0.2) is 4.79 Å². The Labute approximate surface area is 210 Å². The number of amides is 3. The lowest BCUT2D eigenvalue weighted by molar-refractivity contribution is -0.143. The first-order valence-electron chi connectivity index (χ1n) is 12.9. The van der Waals surface area contributed by atoms with Crippen molar-refractivity contribution in [2.45, 2.75) is 97.2 Å². The van der Waals surface area contributed by atoms with E-state index in [1.54, 1.807) is 20.8 Å². The van der Waals surface area contributed by atoms with Crippen molar-refractivity contribution < 1.29 is 24.2 Å². The first-order valence-corrected chi connectivity index (χ1v) is 12.9. The molecule has 0 aliphatic rings. The van der Waals surface area contributed by atoms with E-state index in [0.717, 1.165) is 38.5 Å². The van der Waals surface area contributed by atoms with Crippen LogP contribution in [0.3, 0.4) is 0 Å². The molecule has 3 amide bonds. The lowest BCUT2D eigenvalue weighted by Gasteiger charge is -2.34. The van der Waals surface area contributed by atoms with Gasteiger partial charge >= 0.3 is 6.09 Å². The summed E-state index contributed by atoms with van der Waals surface area (Å²) in [6.45, 7) is 9.60. The van der Waals surface area contributed by atoms with E-state index in [1.807, 2.05) is 30.3 Å². The molecule has 2 unspecified atom stereocenters. The van der Waals surface area contributed by atoms with Crippen molar-refractivity contribution in [1.29, 1.82) is 0 Å². The Balaban J connectivity index is 3.23. The van der Waals surface area contributed by atoms with Crippen molar-refractivity contribution in [3.63, 3.8) is 0 Å². The topological polar surface area (TPSA) is 108 Å². The Morgan fingerprint density at radius 1 is 0.971 bits per heavy atom. The number of aliphatic hydroxyl groups is 1. The Hall–Kier alpha value is -2.61. The fraction of sp³-hybridized carbons (Fsp3) is 0.667. The Morgan fingerprint density at radius 3 is 2.17 bits per heavy atom. The molecule has 1 aromatic rings. The molecule has 0 saturated carbocycles. The van der Waals surface area contributed by atoms with Gasteiger partial charge in [0.15, 0.2) is 0 Å². The lowest BCUT2D eigenvalue weighted by atomic mass is 10.0. The molecule has 0 heterocycles. The van der Waals surface area contributed by atoms with E-state index in [0.29, 0.717) is 25.1 Å². The molecule has 0 spiro atoms. The predicted molar refractivity (Wildman–Crippen MR) is 138 cm³/mol. The summed E-state index contributed by atoms with van der Waals surface area (Å²) in [5.74, 6) is -0.794. The monoisotopic (exact) mass is 491 g/mol. The van der Waals surface area contributed by atoms with Crippen LogP contribution >= 0.6 is 0 Å². The molecule has 1 rings (SSSR count). The third kappa shape index (κ3) is 11.6. The average molecular weight is 492 g/mol. The van der Waals surface area contributed by atoms with Crippen molar-refractivity contribution in [1.82, 2.24) is 15.5 Å². The number of nitrogens with one attached hydrogen (secondary N) is 2. The number of unbranched alkanes of at least 4 members (excludes halogenated alkanes) is 5. The molecule has 3 N–H and O–H groups in total. The van der Waals surface area contributed by atoms with Gasteiger partial charge in [0.05, 0.1) is 6.61 Å². The third-order valence-electron chi connectivity index (χ3n) is 5.46. The quantitative estimate of drug-likeness (QED) is 0.317. The van der Waals surface area contributed by atoms with E-state index in [9.17, 15) is 19.5 Å². The summed E-state index contributed by atoms with van der Waals surface area (Å²) >= 11 is 0. The predicted octanol–water partition coefficient (Wildman–Crippen LogP) is 4.33. The van der Waals surface area contributed by atoms with Crippen LogP contribution < -0.4 is 10.6 Å². The standard InChI is InChI=1S/C27H45N3O5/c1-6-8-10-15-19-30(25(33)22(20-31)29-26(34)35-27(3,4)5)23(21-16-12-11-13-17-21)24(32)28-18-14-9-7-2/h11-13,16-17,22-23,31H,6-10,14-15,18-20H2,1-5H3,(H,28,32)(H,29,34). The zero-order valence-electron chi connectivity index (χ0n) is 22.1. The van der Waals surface area contributed by atoms with Gasteiger partial charge in [0.2, 0.25) is 11.8 Å². The molecule has 0 aliphatic heterocycles. The molecule has 0 aromatic heterocycles. The smallest absolute Gasteiger partial charge is 0.408 e. The molecule has 0 radical (unpaired) electrons. The van der Waals surface area contributed by atoms with E-state index < -0.39 is 36.3 Å². The van der Waals surface area contributed by atoms with Gasteiger partial charge in [-0.1, -0.05) is 76.3 Å². The van der Waals surface area contributed by atoms with Crippen molar-refractivity contribution in [3.8, 4) is 0 Å². The molecule has 0 bridgehead atoms. The van der Waals surface area contributed by atoms with Crippen molar-refractivity contribution in [2.75, 3.05) is 19.7 Å². The van der Waals surface area contributed by atoms with Gasteiger partial charge in [0.1, 0.15) is 17.7 Å². The SMILES string of the molecule is CCCCCCN(C(=O)C(CO)NC(=O)OC(C)(C)C)C(C(=O)NCCCCC)c1ccccc1. The summed E-state index contributed by atoms with van der Waals surface area (Å²) < 4.78 is 5.27. The molecular weight excluding hydrogens is 446 g/mol. The van der Waals surface area contributed by atoms with E-state index in [1.165, 1.54) is 4.90 Å². The van der Waals surface area contributed by atoms with Crippen LogP contribution in [0.15, 0.2) is 30.3 Å². The van der Waals surface area contributed by atoms with Gasteiger partial charge in [-0.2, -0.15) is 0 Å². The van der Waals surface area contributed by atoms with Crippen LogP contribution in [0.25, 0.3) is 0 Å². The highest BCUT2D eigenvalue weighted by Gasteiger charge is 2.35. The van der Waals surface area contributed by atoms with Crippen molar-refractivity contribution in [3.05, 3.63) is 35.9 Å². The Bertz CT molecular complexity index is 764. The second kappa shape index (κ2) is 16.1. The molecule has 35 heavy (non-hydrogen) atoms. The van der Waals surface area contributed by atoms with Gasteiger partial charge in [-0.3, -0.25) is 9.59 Å². The molecule has 8 nitrogen and oxygen atoms in total. The molecule has 0 saturated heterocycles. The normalized spacial score (nSPS) is 13.0. The second-order valence-electron chi connectivity index (χ2n) is 9.79. The van der Waals surface area contributed by atoms with Crippen LogP contribution in [0.5, 0.6) is 0 Å². The van der Waals surface area contributed by atoms with E-state index in [4.69, 9.17) is 4.74 Å². The summed E-state index contributed by atoms with van der Waals surface area (Å²) in [4.78, 5) is 40.9. The number of rotatable bonds is 15. The molecular formula is C27H45N3O5. The molecule has 1 aromatic carbocycles. The minimum absolute atomic E-state index is 0.273. The molecule has 0 aliphatic carbocycles. The Morgan fingerprint density at radius 2 is 1.60 bits per heavy atom. The molecule has 8 heteroatoms. The zero-order valence-corrected chi connectivity index (χ0v) is 22.1. The third-order valence-corrected chi connectivity index (χ3v) is 5.46. The number of alkyl carbamates (subject to hydrolysis) is 1. The van der Waals surface area contributed by atoms with E-state index in [2.05, 4.69) is 24.5 Å². The van der Waals surface area contributed by atoms with Gasteiger partial charge in [-0.05, 0) is 39.2 Å². The maximum absolute atomic E-state index is 13.7. The van der Waals surface area contributed by atoms with Crippen molar-refractivity contribution in [2.24, 2.45) is 0 Å². The number of hydrogen-bond acceptors (Lipinski definition) is 5. The molecule has 2 atom stereocenters. The van der Waals surface area contributed by atoms with Crippen LogP contribution in [0.4, 0.5) is 4.79 Å². The summed E-state index contributed by atoms with van der Waals surface area (Å²) in [5.41, 5.74) is -0.0731. The van der Waals surface area contributed by atoms with Gasteiger partial charge < -0.3 is 25.4 Å². The first-order chi connectivity index (χ1) is 16.6. The number of hydrogen-bond donors (Lipinski definition) is 3. The first kappa shape index (κ1) is 30.4. The molecule has 198 valence electrons. The maximum Gasteiger partial charge on any atom is 0.408 e. The van der Waals surface area contributed by atoms with Crippen LogP contribution in [0, 0.1) is 0 Å². The van der Waals surface area contributed by atoms with E-state index in [-0.39, 0.29) is 5.91 Å². The number of benzene rings is 1. The van der Waals surface area contributed by atoms with Crippen molar-refractivity contribution >= 4 is 17.9 Å². The van der Waals surface area contributed by atoms with Gasteiger partial charge in [0.25, 0.3) is 0 Å². The fourth-order valence-electron chi connectivity index (χ4n) is 3.70. The average Bonchev–Trinajstić information content (AvgIpc) is 2.81. The lowest BCUT2D eigenvalue weighted by Crippen LogP contribution is -2.54. The largest absolute Gasteiger partial charge is 0.444 e. The zero-order chi connectivity index (χ0) is 26.3. The summed E-state index contributed by atoms with van der Waals surface area (Å²) in [7, 11) is 0. The maximum atomic E-state index is 13.7. The van der Waals surface area contributed by atoms with Crippen LogP contribution in [0.2, 0.25) is 0 Å². The number of carbonyl (C=O) groups is 3. The van der Waals surface area contributed by atoms with Gasteiger partial charge in [0, 0.05) is 13.1 Å². The summed E-state index contributed by atoms with van der Waals surface area (Å²) in [5, 5.41) is 15.4. The number of nitrogens with zero attached hydrogens (tertiary/aromatic N) is 1. The minimum atomic E-state index is -1.23.